The normalized spacial score (nSPS) is 35.4. The van der Waals surface area contributed by atoms with Gasteiger partial charge in [-0.1, -0.05) is 18.2 Å². The molecule has 0 amide bonds. The van der Waals surface area contributed by atoms with Gasteiger partial charge in [0.15, 0.2) is 26.6 Å². The van der Waals surface area contributed by atoms with Crippen LogP contribution in [0.5, 0.6) is 5.75 Å². The van der Waals surface area contributed by atoms with E-state index in [-0.39, 0.29) is 16.6 Å². The maximum atomic E-state index is 14.2. The van der Waals surface area contributed by atoms with Gasteiger partial charge in [0.05, 0.1) is 35.3 Å². The van der Waals surface area contributed by atoms with Gasteiger partial charge in [-0.05, 0) is 199 Å². The standard InChI is InChI=1S/C47H58F2O8S2/c1-32(47(48,49)59(52,53)54)57-38-10-14-41(15-11-38)58(39-6-4-3-5-7-39)40-12-8-37(9-13-40)42(2,55-18-16-43-22-33-20-34(23-43)27-45(50,26-33)30-43)56-19-17-44-24-35-21-36(25-44)29-46(51,28-35)31-44/h3-15,32-36,50-51H,16-31H2,1-2H3/p+1. The van der Waals surface area contributed by atoms with Crippen molar-refractivity contribution in [3.63, 3.8) is 0 Å². The molecule has 0 aromatic heterocycles. The number of benzene rings is 3. The molecule has 0 aliphatic heterocycles. The molecular weight excluding hydrogens is 795 g/mol. The van der Waals surface area contributed by atoms with Crippen LogP contribution in [-0.2, 0) is 36.3 Å². The van der Waals surface area contributed by atoms with Gasteiger partial charge in [-0.2, -0.15) is 17.2 Å². The Morgan fingerprint density at radius 1 is 0.695 bits per heavy atom. The number of alkyl halides is 2. The highest BCUT2D eigenvalue weighted by Gasteiger charge is 2.58. The minimum atomic E-state index is -5.66. The summed E-state index contributed by atoms with van der Waals surface area (Å²) < 4.78 is 79.2. The molecule has 12 heteroatoms. The van der Waals surface area contributed by atoms with Crippen LogP contribution in [-0.4, -0.2) is 59.0 Å². The zero-order valence-electron chi connectivity index (χ0n) is 34.2. The Bertz CT molecular complexity index is 2010. The second-order valence-electron chi connectivity index (χ2n) is 19.9. The number of rotatable bonds is 16. The first kappa shape index (κ1) is 41.8. The Balaban J connectivity index is 0.954. The smallest absolute Gasteiger partial charge is 0.405 e. The van der Waals surface area contributed by atoms with Crippen LogP contribution in [0.3, 0.4) is 0 Å². The second kappa shape index (κ2) is 15.1. The zero-order valence-corrected chi connectivity index (χ0v) is 35.8. The molecule has 3 aromatic rings. The summed E-state index contributed by atoms with van der Waals surface area (Å²) >= 11 is 0. The van der Waals surface area contributed by atoms with E-state index in [1.165, 1.54) is 50.7 Å². The molecule has 0 heterocycles. The maximum absolute atomic E-state index is 14.2. The van der Waals surface area contributed by atoms with Crippen molar-refractivity contribution >= 4 is 21.0 Å². The highest BCUT2D eigenvalue weighted by atomic mass is 32.2. The highest BCUT2D eigenvalue weighted by molar-refractivity contribution is 7.97. The molecule has 3 N–H and O–H groups in total. The summed E-state index contributed by atoms with van der Waals surface area (Å²) in [5.41, 5.74) is 0.0720. The van der Waals surface area contributed by atoms with Gasteiger partial charge in [0, 0.05) is 5.56 Å². The summed E-state index contributed by atoms with van der Waals surface area (Å²) in [6.07, 6.45) is 12.3. The van der Waals surface area contributed by atoms with E-state index in [2.05, 4.69) is 36.4 Å². The molecule has 8 aliphatic rings. The van der Waals surface area contributed by atoms with Crippen molar-refractivity contribution in [2.45, 2.75) is 147 Å². The number of ether oxygens (including phenoxy) is 3. The number of halogens is 2. The van der Waals surface area contributed by atoms with Gasteiger partial charge in [0.2, 0.25) is 0 Å². The quantitative estimate of drug-likeness (QED) is 0.0740. The fourth-order valence-corrected chi connectivity index (χ4v) is 16.0. The molecule has 8 saturated carbocycles. The molecule has 0 spiro atoms. The summed E-state index contributed by atoms with van der Waals surface area (Å²) in [6, 6.07) is 25.0. The molecule has 59 heavy (non-hydrogen) atoms. The third-order valence-electron chi connectivity index (χ3n) is 15.1. The van der Waals surface area contributed by atoms with Crippen molar-refractivity contribution in [3.8, 4) is 5.75 Å². The van der Waals surface area contributed by atoms with Gasteiger partial charge >= 0.3 is 15.4 Å². The zero-order chi connectivity index (χ0) is 41.5. The first-order valence-corrected chi connectivity index (χ1v) is 24.3. The van der Waals surface area contributed by atoms with Gasteiger partial charge in [0.1, 0.15) is 5.75 Å². The van der Waals surface area contributed by atoms with Crippen molar-refractivity contribution in [2.75, 3.05) is 13.2 Å². The van der Waals surface area contributed by atoms with Crippen LogP contribution in [0.1, 0.15) is 109 Å². The lowest BCUT2D eigenvalue weighted by molar-refractivity contribution is -0.250. The Labute approximate surface area is 350 Å². The first-order valence-electron chi connectivity index (χ1n) is 21.6. The van der Waals surface area contributed by atoms with E-state index in [0.717, 1.165) is 78.5 Å². The Morgan fingerprint density at radius 3 is 1.54 bits per heavy atom. The van der Waals surface area contributed by atoms with E-state index in [1.807, 2.05) is 25.1 Å². The van der Waals surface area contributed by atoms with Gasteiger partial charge in [-0.25, -0.2) is 0 Å². The van der Waals surface area contributed by atoms with E-state index in [0.29, 0.717) is 36.9 Å². The summed E-state index contributed by atoms with van der Waals surface area (Å²) in [6.45, 7) is 3.99. The third kappa shape index (κ3) is 8.25. The van der Waals surface area contributed by atoms with Crippen LogP contribution in [0, 0.1) is 34.5 Å². The monoisotopic (exact) mass is 853 g/mol. The molecule has 0 radical (unpaired) electrons. The van der Waals surface area contributed by atoms with E-state index in [1.54, 1.807) is 12.1 Å². The molecule has 320 valence electrons. The lowest BCUT2D eigenvalue weighted by Crippen LogP contribution is -2.56. The molecule has 6 atom stereocenters. The minimum absolute atomic E-state index is 0.0482. The number of aliphatic hydroxyl groups is 2. The summed E-state index contributed by atoms with van der Waals surface area (Å²) in [5.74, 6) is 1.44. The van der Waals surface area contributed by atoms with E-state index in [9.17, 15) is 27.4 Å². The fraction of sp³-hybridized carbons (Fsp3) is 0.617. The molecule has 8 nitrogen and oxygen atoms in total. The highest BCUT2D eigenvalue weighted by Crippen LogP contribution is 2.64. The lowest BCUT2D eigenvalue weighted by atomic mass is 9.47. The predicted octanol–water partition coefficient (Wildman–Crippen LogP) is 9.68. The van der Waals surface area contributed by atoms with Gasteiger partial charge in [-0.3, -0.25) is 4.55 Å². The first-order chi connectivity index (χ1) is 27.9. The van der Waals surface area contributed by atoms with Gasteiger partial charge < -0.3 is 24.4 Å². The number of hydrogen-bond donors (Lipinski definition) is 3. The Hall–Kier alpha value is -2.58. The summed E-state index contributed by atoms with van der Waals surface area (Å²) in [4.78, 5) is 2.96. The van der Waals surface area contributed by atoms with Crippen LogP contribution < -0.4 is 4.74 Å². The summed E-state index contributed by atoms with van der Waals surface area (Å²) in [7, 11) is -6.26. The fourth-order valence-electron chi connectivity index (χ4n) is 13.5. The summed E-state index contributed by atoms with van der Waals surface area (Å²) in [5, 5.41) is 18.4. The van der Waals surface area contributed by atoms with Crippen LogP contribution >= 0.6 is 0 Å². The lowest BCUT2D eigenvalue weighted by Gasteiger charge is -2.60. The van der Waals surface area contributed by atoms with Crippen molar-refractivity contribution < 1.29 is 46.2 Å². The van der Waals surface area contributed by atoms with Crippen molar-refractivity contribution in [2.24, 2.45) is 34.5 Å². The molecule has 11 rings (SSSR count). The van der Waals surface area contributed by atoms with E-state index >= 15 is 0 Å². The van der Waals surface area contributed by atoms with Crippen molar-refractivity contribution in [1.29, 1.82) is 0 Å². The van der Waals surface area contributed by atoms with Gasteiger partial charge in [0.25, 0.3) is 0 Å². The molecule has 3 aromatic carbocycles. The molecule has 8 bridgehead atoms. The van der Waals surface area contributed by atoms with E-state index < -0.39 is 49.4 Å². The van der Waals surface area contributed by atoms with Gasteiger partial charge in [-0.15, -0.1) is 0 Å². The molecule has 0 saturated heterocycles. The topological polar surface area (TPSA) is 123 Å². The van der Waals surface area contributed by atoms with Crippen molar-refractivity contribution in [1.82, 2.24) is 0 Å². The third-order valence-corrected chi connectivity index (χ3v) is 18.4. The van der Waals surface area contributed by atoms with Crippen molar-refractivity contribution in [3.05, 3.63) is 84.4 Å². The Kier molecular flexibility index (Phi) is 10.7. The van der Waals surface area contributed by atoms with Crippen LogP contribution in [0.2, 0.25) is 0 Å². The predicted molar refractivity (Wildman–Crippen MR) is 221 cm³/mol. The van der Waals surface area contributed by atoms with Crippen LogP contribution in [0.15, 0.2) is 93.5 Å². The number of hydrogen-bond acceptors (Lipinski definition) is 7. The SMILES string of the molecule is CC(Oc1ccc([S+](c2ccccc2)c2ccc(C(C)(OCCC34CC5CC(CC(O)(C5)C3)C4)OCCC34CC5CC(CC(O)(C5)C3)C4)cc2)cc1)C(F)(F)S(=O)(=O)O. The molecule has 8 aliphatic carbocycles. The molecular formula is C47H59F2O8S2+. The van der Waals surface area contributed by atoms with E-state index in [4.69, 9.17) is 18.8 Å². The largest absolute Gasteiger partial charge is 0.483 e. The Morgan fingerprint density at radius 2 is 1.12 bits per heavy atom. The van der Waals surface area contributed by atoms with Crippen LogP contribution in [0.4, 0.5) is 8.78 Å². The average molecular weight is 854 g/mol. The van der Waals surface area contributed by atoms with Crippen LogP contribution in [0.25, 0.3) is 0 Å². The molecule has 6 unspecified atom stereocenters. The average Bonchev–Trinajstić information content (AvgIpc) is 3.14. The second-order valence-corrected chi connectivity index (χ2v) is 23.4. The minimum Gasteiger partial charge on any atom is -0.483 e. The molecule has 8 fully saturated rings. The maximum Gasteiger partial charge on any atom is 0.405 e.